The lowest BCUT2D eigenvalue weighted by Crippen LogP contribution is -2.04. The van der Waals surface area contributed by atoms with E-state index in [4.69, 9.17) is 4.74 Å². The predicted molar refractivity (Wildman–Crippen MR) is 78.8 cm³/mol. The Labute approximate surface area is 117 Å². The predicted octanol–water partition coefficient (Wildman–Crippen LogP) is 3.50. The smallest absolute Gasteiger partial charge is 0.169 e. The molecule has 4 nitrogen and oxygen atoms in total. The van der Waals surface area contributed by atoms with Crippen LogP contribution in [0.2, 0.25) is 0 Å². The molecule has 2 heterocycles. The first-order chi connectivity index (χ1) is 9.33. The highest BCUT2D eigenvalue weighted by atomic mass is 32.1. The van der Waals surface area contributed by atoms with Gasteiger partial charge in [0.25, 0.3) is 0 Å². The van der Waals surface area contributed by atoms with E-state index >= 15 is 0 Å². The van der Waals surface area contributed by atoms with Gasteiger partial charge in [0.15, 0.2) is 11.6 Å². The summed E-state index contributed by atoms with van der Waals surface area (Å²) in [5.74, 6) is 1.58. The quantitative estimate of drug-likeness (QED) is 0.841. The highest BCUT2D eigenvalue weighted by Gasteiger charge is 2.05. The molecule has 0 spiro atoms. The Kier molecular flexibility index (Phi) is 5.15. The molecule has 0 aliphatic heterocycles. The maximum Gasteiger partial charge on any atom is 0.169 e. The summed E-state index contributed by atoms with van der Waals surface area (Å²) in [5, 5.41) is 4.36. The fourth-order valence-corrected chi connectivity index (χ4v) is 2.41. The molecule has 0 amide bonds. The number of thiazole rings is 1. The average molecular weight is 277 g/mol. The molecule has 0 fully saturated rings. The van der Waals surface area contributed by atoms with Gasteiger partial charge in [-0.3, -0.25) is 0 Å². The minimum atomic E-state index is 0.685. The number of pyridine rings is 1. The lowest BCUT2D eigenvalue weighted by atomic mass is 10.4. The number of nitrogens with one attached hydrogen (secondary N) is 1. The fourth-order valence-electron chi connectivity index (χ4n) is 1.60. The van der Waals surface area contributed by atoms with E-state index in [1.165, 1.54) is 4.88 Å². The van der Waals surface area contributed by atoms with Crippen LogP contribution < -0.4 is 10.1 Å². The van der Waals surface area contributed by atoms with Crippen molar-refractivity contribution in [2.24, 2.45) is 0 Å². The van der Waals surface area contributed by atoms with Crippen LogP contribution in [0.3, 0.4) is 0 Å². The van der Waals surface area contributed by atoms with Gasteiger partial charge in [-0.15, -0.1) is 11.3 Å². The first kappa shape index (κ1) is 13.8. The van der Waals surface area contributed by atoms with E-state index < -0.39 is 0 Å². The van der Waals surface area contributed by atoms with Gasteiger partial charge in [0.05, 0.1) is 13.2 Å². The van der Waals surface area contributed by atoms with Crippen LogP contribution >= 0.6 is 11.3 Å². The first-order valence-corrected chi connectivity index (χ1v) is 7.40. The van der Waals surface area contributed by atoms with Crippen LogP contribution in [0.5, 0.6) is 5.75 Å². The largest absolute Gasteiger partial charge is 0.490 e. The highest BCUT2D eigenvalue weighted by molar-refractivity contribution is 7.11. The van der Waals surface area contributed by atoms with Crippen molar-refractivity contribution in [1.82, 2.24) is 9.97 Å². The molecule has 0 radical (unpaired) electrons. The number of aromatic nitrogens is 2. The van der Waals surface area contributed by atoms with Gasteiger partial charge in [0.1, 0.15) is 5.01 Å². The van der Waals surface area contributed by atoms with Crippen molar-refractivity contribution in [2.45, 2.75) is 33.2 Å². The molecule has 0 aromatic carbocycles. The van der Waals surface area contributed by atoms with Gasteiger partial charge in [-0.25, -0.2) is 9.97 Å². The molecule has 0 atom stereocenters. The normalized spacial score (nSPS) is 10.4. The number of nitrogens with zero attached hydrogens (tertiary/aromatic N) is 2. The molecule has 2 rings (SSSR count). The van der Waals surface area contributed by atoms with E-state index in [-0.39, 0.29) is 0 Å². The molecule has 0 aliphatic rings. The third-order valence-corrected chi connectivity index (χ3v) is 3.73. The number of ether oxygens (including phenoxy) is 1. The Morgan fingerprint density at radius 3 is 2.95 bits per heavy atom. The van der Waals surface area contributed by atoms with Gasteiger partial charge < -0.3 is 10.1 Å². The standard InChI is InChI=1S/C14H19N3OS/c1-3-8-18-12-6-5-7-15-14(12)17-10-13-16-9-11(4-2)19-13/h5-7,9H,3-4,8,10H2,1-2H3,(H,15,17). The minimum Gasteiger partial charge on any atom is -0.490 e. The molecule has 0 saturated carbocycles. The lowest BCUT2D eigenvalue weighted by molar-refractivity contribution is 0.318. The maximum absolute atomic E-state index is 5.66. The number of anilines is 1. The third-order valence-electron chi connectivity index (χ3n) is 2.59. The summed E-state index contributed by atoms with van der Waals surface area (Å²) in [6.07, 6.45) is 5.72. The van der Waals surface area contributed by atoms with E-state index in [1.54, 1.807) is 17.5 Å². The topological polar surface area (TPSA) is 47.0 Å². The van der Waals surface area contributed by atoms with E-state index in [2.05, 4.69) is 29.1 Å². The average Bonchev–Trinajstić information content (AvgIpc) is 2.91. The van der Waals surface area contributed by atoms with Crippen molar-refractivity contribution < 1.29 is 4.74 Å². The second-order valence-electron chi connectivity index (χ2n) is 4.13. The maximum atomic E-state index is 5.66. The summed E-state index contributed by atoms with van der Waals surface area (Å²) < 4.78 is 5.66. The SMILES string of the molecule is CCCOc1cccnc1NCc1ncc(CC)s1. The molecule has 0 unspecified atom stereocenters. The zero-order chi connectivity index (χ0) is 13.5. The second-order valence-corrected chi connectivity index (χ2v) is 5.33. The summed E-state index contributed by atoms with van der Waals surface area (Å²) in [7, 11) is 0. The molecule has 0 aliphatic carbocycles. The van der Waals surface area contributed by atoms with E-state index in [0.717, 1.165) is 29.4 Å². The molecule has 102 valence electrons. The summed E-state index contributed by atoms with van der Waals surface area (Å²) in [4.78, 5) is 10.0. The Balaban J connectivity index is 1.98. The summed E-state index contributed by atoms with van der Waals surface area (Å²) >= 11 is 1.73. The van der Waals surface area contributed by atoms with Crippen molar-refractivity contribution in [3.05, 3.63) is 34.4 Å². The number of rotatable bonds is 7. The van der Waals surface area contributed by atoms with Gasteiger partial charge >= 0.3 is 0 Å². The van der Waals surface area contributed by atoms with Crippen LogP contribution in [-0.2, 0) is 13.0 Å². The summed E-state index contributed by atoms with van der Waals surface area (Å²) in [6, 6.07) is 3.82. The first-order valence-electron chi connectivity index (χ1n) is 6.58. The van der Waals surface area contributed by atoms with Gasteiger partial charge in [-0.05, 0) is 25.0 Å². The van der Waals surface area contributed by atoms with Gasteiger partial charge in [-0.2, -0.15) is 0 Å². The van der Waals surface area contributed by atoms with Crippen LogP contribution in [0.15, 0.2) is 24.5 Å². The monoisotopic (exact) mass is 277 g/mol. The van der Waals surface area contributed by atoms with Crippen LogP contribution in [0.1, 0.15) is 30.2 Å². The van der Waals surface area contributed by atoms with Crippen molar-refractivity contribution in [3.8, 4) is 5.75 Å². The van der Waals surface area contributed by atoms with Crippen LogP contribution in [0, 0.1) is 0 Å². The van der Waals surface area contributed by atoms with Gasteiger partial charge in [0, 0.05) is 17.3 Å². The Morgan fingerprint density at radius 1 is 1.32 bits per heavy atom. The Bertz CT molecular complexity index is 513. The zero-order valence-electron chi connectivity index (χ0n) is 11.3. The molecule has 0 saturated heterocycles. The molecule has 1 N–H and O–H groups in total. The number of aryl methyl sites for hydroxylation is 1. The summed E-state index contributed by atoms with van der Waals surface area (Å²) in [6.45, 7) is 5.62. The molecule has 2 aromatic rings. The van der Waals surface area contributed by atoms with Crippen molar-refractivity contribution >= 4 is 17.2 Å². The number of hydrogen-bond donors (Lipinski definition) is 1. The van der Waals surface area contributed by atoms with Crippen LogP contribution in [0.25, 0.3) is 0 Å². The number of hydrogen-bond acceptors (Lipinski definition) is 5. The van der Waals surface area contributed by atoms with Gasteiger partial charge in [0.2, 0.25) is 0 Å². The molecular formula is C14H19N3OS. The molecule has 2 aromatic heterocycles. The van der Waals surface area contributed by atoms with Crippen molar-refractivity contribution in [3.63, 3.8) is 0 Å². The molecule has 0 bridgehead atoms. The molecule has 19 heavy (non-hydrogen) atoms. The van der Waals surface area contributed by atoms with E-state index in [9.17, 15) is 0 Å². The van der Waals surface area contributed by atoms with Crippen molar-refractivity contribution in [1.29, 1.82) is 0 Å². The Hall–Kier alpha value is -1.62. The molecular weight excluding hydrogens is 258 g/mol. The highest BCUT2D eigenvalue weighted by Crippen LogP contribution is 2.22. The zero-order valence-corrected chi connectivity index (χ0v) is 12.2. The lowest BCUT2D eigenvalue weighted by Gasteiger charge is -2.10. The van der Waals surface area contributed by atoms with Crippen LogP contribution in [-0.4, -0.2) is 16.6 Å². The second kappa shape index (κ2) is 7.09. The fraction of sp³-hybridized carbons (Fsp3) is 0.429. The molecule has 5 heteroatoms. The minimum absolute atomic E-state index is 0.685. The Morgan fingerprint density at radius 2 is 2.21 bits per heavy atom. The summed E-state index contributed by atoms with van der Waals surface area (Å²) in [5.41, 5.74) is 0. The van der Waals surface area contributed by atoms with Crippen LogP contribution in [0.4, 0.5) is 5.82 Å². The van der Waals surface area contributed by atoms with E-state index in [0.29, 0.717) is 13.2 Å². The third kappa shape index (κ3) is 3.92. The van der Waals surface area contributed by atoms with Crippen molar-refractivity contribution in [2.75, 3.05) is 11.9 Å². The van der Waals surface area contributed by atoms with E-state index in [1.807, 2.05) is 18.3 Å². The van der Waals surface area contributed by atoms with Gasteiger partial charge in [-0.1, -0.05) is 13.8 Å².